The third kappa shape index (κ3) is 6.21. The van der Waals surface area contributed by atoms with Crippen molar-refractivity contribution in [3.63, 3.8) is 0 Å². The van der Waals surface area contributed by atoms with Gasteiger partial charge in [0.1, 0.15) is 0 Å². The highest BCUT2D eigenvalue weighted by molar-refractivity contribution is 4.85. The van der Waals surface area contributed by atoms with Crippen molar-refractivity contribution < 1.29 is 9.47 Å². The summed E-state index contributed by atoms with van der Waals surface area (Å²) in [6.45, 7) is 11.1. The van der Waals surface area contributed by atoms with Crippen LogP contribution in [0.4, 0.5) is 0 Å². The molecule has 0 aromatic rings. The molecule has 2 fully saturated rings. The first-order chi connectivity index (χ1) is 9.25. The van der Waals surface area contributed by atoms with Crippen LogP contribution < -0.4 is 5.32 Å². The van der Waals surface area contributed by atoms with Gasteiger partial charge in [0.15, 0.2) is 0 Å². The van der Waals surface area contributed by atoms with Gasteiger partial charge < -0.3 is 14.8 Å². The molecule has 1 N–H and O–H groups in total. The van der Waals surface area contributed by atoms with E-state index in [9.17, 15) is 0 Å². The van der Waals surface area contributed by atoms with Gasteiger partial charge in [-0.2, -0.15) is 0 Å². The maximum atomic E-state index is 5.73. The fourth-order valence-corrected chi connectivity index (χ4v) is 2.36. The number of rotatable bonds is 9. The zero-order valence-electron chi connectivity index (χ0n) is 12.6. The fraction of sp³-hybridized carbons (Fsp3) is 1.00. The summed E-state index contributed by atoms with van der Waals surface area (Å²) in [5, 5.41) is 3.61. The Morgan fingerprint density at radius 1 is 1.32 bits per heavy atom. The molecule has 0 radical (unpaired) electrons. The summed E-state index contributed by atoms with van der Waals surface area (Å²) in [6.07, 6.45) is 3.87. The third-order valence-corrected chi connectivity index (χ3v) is 3.93. The average molecular weight is 270 g/mol. The zero-order chi connectivity index (χ0) is 13.5. The molecule has 4 nitrogen and oxygen atoms in total. The minimum absolute atomic E-state index is 0.531. The Labute approximate surface area is 117 Å². The van der Waals surface area contributed by atoms with Gasteiger partial charge in [0.25, 0.3) is 0 Å². The topological polar surface area (TPSA) is 33.7 Å². The van der Waals surface area contributed by atoms with Gasteiger partial charge in [0.05, 0.1) is 19.8 Å². The van der Waals surface area contributed by atoms with Gasteiger partial charge in [-0.3, -0.25) is 4.90 Å². The second-order valence-electron chi connectivity index (χ2n) is 6.24. The Morgan fingerprint density at radius 3 is 2.89 bits per heavy atom. The summed E-state index contributed by atoms with van der Waals surface area (Å²) < 4.78 is 11.3. The van der Waals surface area contributed by atoms with Crippen LogP contribution in [0.1, 0.15) is 33.1 Å². The van der Waals surface area contributed by atoms with E-state index >= 15 is 0 Å². The molecule has 0 aromatic heterocycles. The molecule has 1 atom stereocenters. The third-order valence-electron chi connectivity index (χ3n) is 3.93. The van der Waals surface area contributed by atoms with E-state index in [4.69, 9.17) is 9.47 Å². The van der Waals surface area contributed by atoms with Crippen LogP contribution in [0.2, 0.25) is 0 Å². The highest BCUT2D eigenvalue weighted by Crippen LogP contribution is 2.19. The van der Waals surface area contributed by atoms with E-state index in [1.165, 1.54) is 12.8 Å². The molecule has 0 spiro atoms. The Kier molecular flexibility index (Phi) is 6.57. The number of hydrogen-bond acceptors (Lipinski definition) is 4. The summed E-state index contributed by atoms with van der Waals surface area (Å²) in [7, 11) is 0. The number of nitrogens with one attached hydrogen (secondary N) is 1. The van der Waals surface area contributed by atoms with E-state index in [-0.39, 0.29) is 0 Å². The highest BCUT2D eigenvalue weighted by Gasteiger charge is 2.26. The van der Waals surface area contributed by atoms with Crippen molar-refractivity contribution in [1.82, 2.24) is 10.2 Å². The maximum Gasteiger partial charge on any atom is 0.0634 e. The Balaban J connectivity index is 1.58. The van der Waals surface area contributed by atoms with Crippen LogP contribution in [-0.4, -0.2) is 63.0 Å². The molecule has 2 rings (SSSR count). The van der Waals surface area contributed by atoms with Crippen molar-refractivity contribution in [2.45, 2.75) is 45.2 Å². The van der Waals surface area contributed by atoms with E-state index in [1.54, 1.807) is 0 Å². The van der Waals surface area contributed by atoms with E-state index in [0.29, 0.717) is 6.04 Å². The molecule has 4 heteroatoms. The quantitative estimate of drug-likeness (QED) is 0.644. The molecular formula is C15H30N2O2. The van der Waals surface area contributed by atoms with Gasteiger partial charge in [-0.25, -0.2) is 0 Å². The molecule has 0 bridgehead atoms. The Bertz CT molecular complexity index is 244. The largest absolute Gasteiger partial charge is 0.380 e. The normalized spacial score (nSPS) is 25.1. The van der Waals surface area contributed by atoms with Crippen LogP contribution in [0.15, 0.2) is 0 Å². The summed E-state index contributed by atoms with van der Waals surface area (Å²) in [4.78, 5) is 2.52. The smallest absolute Gasteiger partial charge is 0.0634 e. The molecule has 1 aliphatic heterocycles. The molecule has 112 valence electrons. The minimum atomic E-state index is 0.531. The molecule has 1 saturated heterocycles. The Morgan fingerprint density at radius 2 is 2.16 bits per heavy atom. The predicted octanol–water partition coefficient (Wildman–Crippen LogP) is 1.50. The summed E-state index contributed by atoms with van der Waals surface area (Å²) in [5.41, 5.74) is 0. The molecule has 0 aromatic carbocycles. The Hall–Kier alpha value is -0.160. The van der Waals surface area contributed by atoms with Crippen LogP contribution in [0, 0.1) is 5.92 Å². The molecule has 0 amide bonds. The first kappa shape index (κ1) is 15.2. The monoisotopic (exact) mass is 270 g/mol. The van der Waals surface area contributed by atoms with Crippen LogP contribution in [0.5, 0.6) is 0 Å². The van der Waals surface area contributed by atoms with Crippen LogP contribution in [-0.2, 0) is 9.47 Å². The molecule has 1 heterocycles. The van der Waals surface area contributed by atoms with Gasteiger partial charge in [-0.05, 0) is 25.2 Å². The van der Waals surface area contributed by atoms with Gasteiger partial charge in [0.2, 0.25) is 0 Å². The van der Waals surface area contributed by atoms with Crippen molar-refractivity contribution in [2.75, 3.05) is 46.1 Å². The molecular weight excluding hydrogens is 240 g/mol. The van der Waals surface area contributed by atoms with E-state index in [1.807, 2.05) is 0 Å². The van der Waals surface area contributed by atoms with E-state index in [0.717, 1.165) is 64.4 Å². The zero-order valence-corrected chi connectivity index (χ0v) is 12.6. The molecule has 1 unspecified atom stereocenters. The van der Waals surface area contributed by atoms with Crippen LogP contribution in [0.3, 0.4) is 0 Å². The van der Waals surface area contributed by atoms with Crippen molar-refractivity contribution in [3.8, 4) is 0 Å². The van der Waals surface area contributed by atoms with Crippen molar-refractivity contribution in [1.29, 1.82) is 0 Å². The summed E-state index contributed by atoms with van der Waals surface area (Å²) in [5.74, 6) is 0.735. The molecule has 2 aliphatic rings. The van der Waals surface area contributed by atoms with Crippen LogP contribution >= 0.6 is 0 Å². The predicted molar refractivity (Wildman–Crippen MR) is 77.5 cm³/mol. The van der Waals surface area contributed by atoms with Gasteiger partial charge in [-0.1, -0.05) is 13.8 Å². The molecule has 19 heavy (non-hydrogen) atoms. The second kappa shape index (κ2) is 8.20. The van der Waals surface area contributed by atoms with Gasteiger partial charge >= 0.3 is 0 Å². The van der Waals surface area contributed by atoms with Gasteiger partial charge in [-0.15, -0.1) is 0 Å². The summed E-state index contributed by atoms with van der Waals surface area (Å²) >= 11 is 0. The highest BCUT2D eigenvalue weighted by atomic mass is 16.5. The summed E-state index contributed by atoms with van der Waals surface area (Å²) in [6, 6.07) is 1.31. The lowest BCUT2D eigenvalue weighted by atomic mass is 10.1. The number of morpholine rings is 1. The fourth-order valence-electron chi connectivity index (χ4n) is 2.36. The molecule has 1 aliphatic carbocycles. The molecule has 1 saturated carbocycles. The van der Waals surface area contributed by atoms with Crippen molar-refractivity contribution >= 4 is 0 Å². The minimum Gasteiger partial charge on any atom is -0.380 e. The second-order valence-corrected chi connectivity index (χ2v) is 6.24. The standard InChI is InChI=1S/C15H30N2O2/c1-13(2)5-8-18-9-6-17-7-10-19-12-15(17)11-16-14-3-4-14/h13-16H,3-12H2,1-2H3. The number of hydrogen-bond donors (Lipinski definition) is 1. The SMILES string of the molecule is CC(C)CCOCCN1CCOCC1CNC1CC1. The van der Waals surface area contributed by atoms with E-state index in [2.05, 4.69) is 24.1 Å². The van der Waals surface area contributed by atoms with Crippen molar-refractivity contribution in [2.24, 2.45) is 5.92 Å². The first-order valence-corrected chi connectivity index (χ1v) is 7.88. The van der Waals surface area contributed by atoms with E-state index < -0.39 is 0 Å². The van der Waals surface area contributed by atoms with Crippen molar-refractivity contribution in [3.05, 3.63) is 0 Å². The van der Waals surface area contributed by atoms with Crippen LogP contribution in [0.25, 0.3) is 0 Å². The lowest BCUT2D eigenvalue weighted by Gasteiger charge is -2.35. The number of nitrogens with zero attached hydrogens (tertiary/aromatic N) is 1. The maximum absolute atomic E-state index is 5.73. The first-order valence-electron chi connectivity index (χ1n) is 7.88. The average Bonchev–Trinajstić information content (AvgIpc) is 3.21. The lowest BCUT2D eigenvalue weighted by Crippen LogP contribution is -2.51. The number of ether oxygens (including phenoxy) is 2. The lowest BCUT2D eigenvalue weighted by molar-refractivity contribution is -0.0202. The van der Waals surface area contributed by atoms with Gasteiger partial charge in [0, 0.05) is 38.3 Å².